The average Bonchev–Trinajstić information content (AvgIpc) is 3.29. The standard InChI is InChI=1S/C16H14N8O3/c1-8(14-21-12(23-27-14)10-4-3-5-17-6-10)19-13(25)11-7-18-16-20-9(2)22-24(16)15(11)26/h3-8H,1-2H3,(H,19,25)(H,18,20,22)/t8-/m0/s1. The van der Waals surface area contributed by atoms with E-state index in [2.05, 4.69) is 35.5 Å². The van der Waals surface area contributed by atoms with E-state index in [0.29, 0.717) is 17.2 Å². The van der Waals surface area contributed by atoms with Gasteiger partial charge in [-0.25, -0.2) is 4.98 Å². The summed E-state index contributed by atoms with van der Waals surface area (Å²) in [7, 11) is 0. The molecule has 0 aliphatic rings. The molecule has 0 aliphatic heterocycles. The summed E-state index contributed by atoms with van der Waals surface area (Å²) in [6, 6.07) is 2.93. The Morgan fingerprint density at radius 1 is 1.33 bits per heavy atom. The van der Waals surface area contributed by atoms with Crippen LogP contribution in [0.1, 0.15) is 35.0 Å². The predicted molar refractivity (Wildman–Crippen MR) is 91.8 cm³/mol. The van der Waals surface area contributed by atoms with Crippen molar-refractivity contribution in [2.75, 3.05) is 0 Å². The molecule has 0 aliphatic carbocycles. The van der Waals surface area contributed by atoms with E-state index < -0.39 is 17.5 Å². The number of carbonyl (C=O) groups excluding carboxylic acids is 1. The van der Waals surface area contributed by atoms with Crippen molar-refractivity contribution in [2.45, 2.75) is 19.9 Å². The highest BCUT2D eigenvalue weighted by Crippen LogP contribution is 2.17. The number of H-pyrrole nitrogens is 1. The van der Waals surface area contributed by atoms with Crippen molar-refractivity contribution in [1.29, 1.82) is 0 Å². The van der Waals surface area contributed by atoms with Crippen molar-refractivity contribution in [3.05, 3.63) is 58.4 Å². The summed E-state index contributed by atoms with van der Waals surface area (Å²) in [6.07, 6.45) is 4.43. The number of nitrogens with one attached hydrogen (secondary N) is 2. The van der Waals surface area contributed by atoms with Crippen molar-refractivity contribution in [3.8, 4) is 11.4 Å². The molecule has 27 heavy (non-hydrogen) atoms. The molecule has 0 saturated heterocycles. The fourth-order valence-electron chi connectivity index (χ4n) is 2.48. The summed E-state index contributed by atoms with van der Waals surface area (Å²) in [6.45, 7) is 3.35. The van der Waals surface area contributed by atoms with Gasteiger partial charge in [-0.1, -0.05) is 5.16 Å². The topological polar surface area (TPSA) is 144 Å². The highest BCUT2D eigenvalue weighted by molar-refractivity contribution is 5.93. The molecule has 0 bridgehead atoms. The van der Waals surface area contributed by atoms with Crippen LogP contribution in [-0.4, -0.2) is 40.6 Å². The SMILES string of the molecule is Cc1nc2ncc(C(=O)N[C@@H](C)c3nc(-c4cccnc4)no3)c(=O)n2[nH]1. The maximum absolute atomic E-state index is 12.5. The van der Waals surface area contributed by atoms with Crippen LogP contribution in [-0.2, 0) is 0 Å². The molecule has 0 saturated carbocycles. The second-order valence-electron chi connectivity index (χ2n) is 5.81. The van der Waals surface area contributed by atoms with Gasteiger partial charge in [0.2, 0.25) is 11.7 Å². The fourth-order valence-corrected chi connectivity index (χ4v) is 2.48. The lowest BCUT2D eigenvalue weighted by Gasteiger charge is -2.08. The Morgan fingerprint density at radius 3 is 2.96 bits per heavy atom. The number of aryl methyl sites for hydroxylation is 1. The molecule has 0 spiro atoms. The number of rotatable bonds is 4. The number of fused-ring (bicyclic) bond motifs is 1. The Hall–Kier alpha value is -3.89. The Morgan fingerprint density at radius 2 is 2.19 bits per heavy atom. The van der Waals surface area contributed by atoms with Crippen molar-refractivity contribution in [1.82, 2.24) is 40.0 Å². The highest BCUT2D eigenvalue weighted by atomic mass is 16.5. The zero-order valence-corrected chi connectivity index (χ0v) is 14.4. The predicted octanol–water partition coefficient (Wildman–Crippen LogP) is 0.662. The summed E-state index contributed by atoms with van der Waals surface area (Å²) in [5, 5.41) is 9.26. The van der Waals surface area contributed by atoms with Gasteiger partial charge in [0.15, 0.2) is 0 Å². The molecule has 11 heteroatoms. The maximum Gasteiger partial charge on any atom is 0.286 e. The average molecular weight is 366 g/mol. The third-order valence-electron chi connectivity index (χ3n) is 3.81. The minimum atomic E-state index is -0.612. The highest BCUT2D eigenvalue weighted by Gasteiger charge is 2.21. The van der Waals surface area contributed by atoms with Crippen LogP contribution in [0.4, 0.5) is 0 Å². The number of nitrogens with zero attached hydrogens (tertiary/aromatic N) is 6. The number of aromatic amines is 1. The lowest BCUT2D eigenvalue weighted by Crippen LogP contribution is -2.33. The molecule has 11 nitrogen and oxygen atoms in total. The summed E-state index contributed by atoms with van der Waals surface area (Å²) in [4.78, 5) is 41.2. The van der Waals surface area contributed by atoms with Gasteiger partial charge in [-0.2, -0.15) is 14.5 Å². The first-order valence-corrected chi connectivity index (χ1v) is 8.02. The van der Waals surface area contributed by atoms with Gasteiger partial charge in [-0.15, -0.1) is 0 Å². The Labute approximate surface area is 151 Å². The minimum absolute atomic E-state index is 0.130. The van der Waals surface area contributed by atoms with E-state index >= 15 is 0 Å². The van der Waals surface area contributed by atoms with Crippen LogP contribution in [0.15, 0.2) is 40.0 Å². The summed E-state index contributed by atoms with van der Waals surface area (Å²) < 4.78 is 6.32. The van der Waals surface area contributed by atoms with Gasteiger partial charge in [-0.05, 0) is 26.0 Å². The van der Waals surface area contributed by atoms with E-state index in [1.165, 1.54) is 6.20 Å². The van der Waals surface area contributed by atoms with Crippen LogP contribution >= 0.6 is 0 Å². The molecule has 4 heterocycles. The number of aromatic nitrogens is 7. The quantitative estimate of drug-likeness (QED) is 0.536. The van der Waals surface area contributed by atoms with Crippen molar-refractivity contribution in [3.63, 3.8) is 0 Å². The van der Waals surface area contributed by atoms with Crippen molar-refractivity contribution >= 4 is 11.7 Å². The van der Waals surface area contributed by atoms with Gasteiger partial charge in [0.25, 0.3) is 17.2 Å². The summed E-state index contributed by atoms with van der Waals surface area (Å²) in [5.74, 6) is 0.659. The molecule has 1 amide bonds. The smallest absolute Gasteiger partial charge is 0.286 e. The summed E-state index contributed by atoms with van der Waals surface area (Å²) in [5.41, 5.74) is 0.00964. The fraction of sp³-hybridized carbons (Fsp3) is 0.188. The second kappa shape index (κ2) is 6.44. The minimum Gasteiger partial charge on any atom is -0.340 e. The van der Waals surface area contributed by atoms with Gasteiger partial charge in [0.05, 0.1) is 0 Å². The van der Waals surface area contributed by atoms with E-state index in [-0.39, 0.29) is 17.2 Å². The number of hydrogen-bond acceptors (Lipinski definition) is 8. The maximum atomic E-state index is 12.5. The molecular weight excluding hydrogens is 352 g/mol. The number of carbonyl (C=O) groups is 1. The Bertz CT molecular complexity index is 1180. The Balaban J connectivity index is 1.56. The largest absolute Gasteiger partial charge is 0.340 e. The molecule has 1 atom stereocenters. The van der Waals surface area contributed by atoms with E-state index in [1.807, 2.05) is 0 Å². The number of amides is 1. The van der Waals surface area contributed by atoms with Crippen LogP contribution < -0.4 is 10.9 Å². The molecule has 0 radical (unpaired) electrons. The monoisotopic (exact) mass is 366 g/mol. The molecule has 0 aromatic carbocycles. The lowest BCUT2D eigenvalue weighted by atomic mass is 10.2. The van der Waals surface area contributed by atoms with Gasteiger partial charge in [-0.3, -0.25) is 19.7 Å². The first kappa shape index (κ1) is 16.6. The molecule has 136 valence electrons. The van der Waals surface area contributed by atoms with E-state index in [0.717, 1.165) is 4.52 Å². The van der Waals surface area contributed by atoms with E-state index in [9.17, 15) is 9.59 Å². The van der Waals surface area contributed by atoms with Crippen LogP contribution in [0.3, 0.4) is 0 Å². The molecule has 0 unspecified atom stereocenters. The number of hydrogen-bond donors (Lipinski definition) is 2. The molecule has 4 rings (SSSR count). The lowest BCUT2D eigenvalue weighted by molar-refractivity contribution is 0.0930. The van der Waals surface area contributed by atoms with Gasteiger partial charge in [0, 0.05) is 24.2 Å². The normalized spacial score (nSPS) is 12.2. The van der Waals surface area contributed by atoms with Gasteiger partial charge in [0.1, 0.15) is 17.4 Å². The van der Waals surface area contributed by atoms with Crippen LogP contribution in [0, 0.1) is 6.92 Å². The first-order valence-electron chi connectivity index (χ1n) is 8.02. The molecular formula is C16H14N8O3. The second-order valence-corrected chi connectivity index (χ2v) is 5.81. The molecule has 2 N–H and O–H groups in total. The molecule has 4 aromatic rings. The van der Waals surface area contributed by atoms with Crippen molar-refractivity contribution < 1.29 is 9.32 Å². The molecule has 0 fully saturated rings. The van der Waals surface area contributed by atoms with Crippen LogP contribution in [0.2, 0.25) is 0 Å². The van der Waals surface area contributed by atoms with E-state index in [4.69, 9.17) is 4.52 Å². The third-order valence-corrected chi connectivity index (χ3v) is 3.81. The summed E-state index contributed by atoms with van der Waals surface area (Å²) >= 11 is 0. The Kier molecular flexibility index (Phi) is 3.95. The zero-order chi connectivity index (χ0) is 19.0. The molecule has 4 aromatic heterocycles. The van der Waals surface area contributed by atoms with Crippen LogP contribution in [0.5, 0.6) is 0 Å². The third kappa shape index (κ3) is 3.05. The zero-order valence-electron chi connectivity index (χ0n) is 14.4. The first-order chi connectivity index (χ1) is 13.0. The number of pyridine rings is 1. The van der Waals surface area contributed by atoms with Gasteiger partial charge < -0.3 is 9.84 Å². The van der Waals surface area contributed by atoms with Crippen molar-refractivity contribution in [2.24, 2.45) is 0 Å². The van der Waals surface area contributed by atoms with Crippen LogP contribution in [0.25, 0.3) is 17.2 Å². The van der Waals surface area contributed by atoms with Gasteiger partial charge >= 0.3 is 0 Å². The van der Waals surface area contributed by atoms with E-state index in [1.54, 1.807) is 38.4 Å².